The van der Waals surface area contributed by atoms with Gasteiger partial charge in [0.25, 0.3) is 5.91 Å². The van der Waals surface area contributed by atoms with Crippen LogP contribution in [-0.2, 0) is 11.3 Å². The summed E-state index contributed by atoms with van der Waals surface area (Å²) in [6.07, 6.45) is 2.02. The van der Waals surface area contributed by atoms with Crippen molar-refractivity contribution in [2.24, 2.45) is 5.92 Å². The molecule has 3 rings (SSSR count). The summed E-state index contributed by atoms with van der Waals surface area (Å²) >= 11 is 0. The Morgan fingerprint density at radius 1 is 1.15 bits per heavy atom. The molecule has 2 aromatic carbocycles. The molecule has 1 heterocycles. The van der Waals surface area contributed by atoms with Crippen LogP contribution in [0, 0.1) is 12.8 Å². The third-order valence-electron chi connectivity index (χ3n) is 4.85. The molecule has 0 atom stereocenters. The number of hydrogen-bond acceptors (Lipinski definition) is 3. The summed E-state index contributed by atoms with van der Waals surface area (Å²) in [6.45, 7) is 4.90. The standard InChI is InChI=1S/C21H26N2O2.ClH/c1-16-7-8-19(13-20(16)22)21(24)23(14-17-5-3-2-4-6-17)15-18-9-11-25-12-10-18;/h2-8,13,18H,9-12,14-15,22H2,1H3;1H. The van der Waals surface area contributed by atoms with Crippen LogP contribution in [-0.4, -0.2) is 30.6 Å². The Hall–Kier alpha value is -2.04. The molecular formula is C21H27ClN2O2. The normalized spacial score (nSPS) is 14.5. The largest absolute Gasteiger partial charge is 0.398 e. The van der Waals surface area contributed by atoms with Gasteiger partial charge in [-0.1, -0.05) is 36.4 Å². The van der Waals surface area contributed by atoms with Crippen molar-refractivity contribution in [1.29, 1.82) is 0 Å². The van der Waals surface area contributed by atoms with E-state index in [-0.39, 0.29) is 18.3 Å². The lowest BCUT2D eigenvalue weighted by molar-refractivity contribution is 0.0446. The van der Waals surface area contributed by atoms with E-state index < -0.39 is 0 Å². The van der Waals surface area contributed by atoms with E-state index in [1.807, 2.05) is 42.2 Å². The van der Waals surface area contributed by atoms with Crippen LogP contribution in [0.25, 0.3) is 0 Å². The Balaban J connectivity index is 0.00000243. The fourth-order valence-corrected chi connectivity index (χ4v) is 3.22. The Kier molecular flexibility index (Phi) is 7.49. The fraction of sp³-hybridized carbons (Fsp3) is 0.381. The van der Waals surface area contributed by atoms with Crippen LogP contribution in [0.2, 0.25) is 0 Å². The number of nitrogens with two attached hydrogens (primary N) is 1. The van der Waals surface area contributed by atoms with E-state index in [0.717, 1.165) is 43.7 Å². The Bertz CT molecular complexity index is 715. The molecule has 140 valence electrons. The van der Waals surface area contributed by atoms with Gasteiger partial charge in [0.2, 0.25) is 0 Å². The number of aryl methyl sites for hydroxylation is 1. The van der Waals surface area contributed by atoms with Gasteiger partial charge in [0, 0.05) is 37.6 Å². The van der Waals surface area contributed by atoms with Crippen LogP contribution < -0.4 is 5.73 Å². The number of hydrogen-bond donors (Lipinski definition) is 1. The molecule has 0 radical (unpaired) electrons. The monoisotopic (exact) mass is 374 g/mol. The second kappa shape index (κ2) is 9.60. The number of rotatable bonds is 5. The van der Waals surface area contributed by atoms with Gasteiger partial charge in [0.15, 0.2) is 0 Å². The van der Waals surface area contributed by atoms with Gasteiger partial charge in [-0.3, -0.25) is 4.79 Å². The number of halogens is 1. The number of nitrogen functional groups attached to an aromatic ring is 1. The molecule has 4 nitrogen and oxygen atoms in total. The zero-order chi connectivity index (χ0) is 17.6. The summed E-state index contributed by atoms with van der Waals surface area (Å²) in [7, 11) is 0. The predicted octanol–water partition coefficient (Wildman–Crippen LogP) is 4.07. The molecule has 1 aliphatic rings. The lowest BCUT2D eigenvalue weighted by Crippen LogP contribution is -2.36. The SMILES string of the molecule is Cc1ccc(C(=O)N(Cc2ccccc2)CC2CCOCC2)cc1N.Cl. The quantitative estimate of drug-likeness (QED) is 0.802. The highest BCUT2D eigenvalue weighted by molar-refractivity contribution is 5.95. The minimum absolute atomic E-state index is 0. The summed E-state index contributed by atoms with van der Waals surface area (Å²) in [4.78, 5) is 15.1. The van der Waals surface area contributed by atoms with Crippen LogP contribution in [0.4, 0.5) is 5.69 Å². The number of amides is 1. The second-order valence-electron chi connectivity index (χ2n) is 6.80. The minimum atomic E-state index is 0. The molecule has 0 spiro atoms. The van der Waals surface area contributed by atoms with E-state index in [2.05, 4.69) is 12.1 Å². The molecule has 2 aromatic rings. The summed E-state index contributed by atoms with van der Waals surface area (Å²) < 4.78 is 5.45. The van der Waals surface area contributed by atoms with E-state index in [1.165, 1.54) is 0 Å². The number of nitrogens with zero attached hydrogens (tertiary/aromatic N) is 1. The highest BCUT2D eigenvalue weighted by atomic mass is 35.5. The maximum atomic E-state index is 13.1. The summed E-state index contributed by atoms with van der Waals surface area (Å²) in [5.41, 5.74) is 9.47. The first-order chi connectivity index (χ1) is 12.1. The second-order valence-corrected chi connectivity index (χ2v) is 6.80. The zero-order valence-corrected chi connectivity index (χ0v) is 16.0. The third-order valence-corrected chi connectivity index (χ3v) is 4.85. The van der Waals surface area contributed by atoms with E-state index in [4.69, 9.17) is 10.5 Å². The zero-order valence-electron chi connectivity index (χ0n) is 15.2. The van der Waals surface area contributed by atoms with Crippen molar-refractivity contribution in [3.8, 4) is 0 Å². The first kappa shape index (κ1) is 20.3. The molecule has 1 amide bonds. The number of carbonyl (C=O) groups excluding carboxylic acids is 1. The van der Waals surface area contributed by atoms with Gasteiger partial charge in [0.1, 0.15) is 0 Å². The van der Waals surface area contributed by atoms with Crippen LogP contribution in [0.5, 0.6) is 0 Å². The Morgan fingerprint density at radius 2 is 1.85 bits per heavy atom. The third kappa shape index (κ3) is 5.23. The summed E-state index contributed by atoms with van der Waals surface area (Å²) in [5.74, 6) is 0.534. The first-order valence-corrected chi connectivity index (χ1v) is 8.90. The fourth-order valence-electron chi connectivity index (χ4n) is 3.22. The molecular weight excluding hydrogens is 348 g/mol. The number of benzene rings is 2. The molecule has 0 saturated carbocycles. The molecule has 0 unspecified atom stereocenters. The van der Waals surface area contributed by atoms with Crippen molar-refractivity contribution >= 4 is 24.0 Å². The van der Waals surface area contributed by atoms with Gasteiger partial charge in [-0.2, -0.15) is 0 Å². The topological polar surface area (TPSA) is 55.6 Å². The van der Waals surface area contributed by atoms with Gasteiger partial charge in [-0.15, -0.1) is 12.4 Å². The molecule has 0 bridgehead atoms. The minimum Gasteiger partial charge on any atom is -0.398 e. The van der Waals surface area contributed by atoms with Gasteiger partial charge >= 0.3 is 0 Å². The smallest absolute Gasteiger partial charge is 0.254 e. The van der Waals surface area contributed by atoms with Gasteiger partial charge in [-0.05, 0) is 48.9 Å². The summed E-state index contributed by atoms with van der Waals surface area (Å²) in [5, 5.41) is 0. The van der Waals surface area contributed by atoms with Crippen LogP contribution in [0.1, 0.15) is 34.3 Å². The number of carbonyl (C=O) groups is 1. The maximum Gasteiger partial charge on any atom is 0.254 e. The lowest BCUT2D eigenvalue weighted by Gasteiger charge is -2.30. The van der Waals surface area contributed by atoms with Gasteiger partial charge in [0.05, 0.1) is 0 Å². The molecule has 2 N–H and O–H groups in total. The van der Waals surface area contributed by atoms with Gasteiger partial charge < -0.3 is 15.4 Å². The maximum absolute atomic E-state index is 13.1. The first-order valence-electron chi connectivity index (χ1n) is 8.90. The van der Waals surface area contributed by atoms with Crippen molar-refractivity contribution in [1.82, 2.24) is 4.90 Å². The molecule has 0 aliphatic carbocycles. The molecule has 1 saturated heterocycles. The predicted molar refractivity (Wildman–Crippen MR) is 108 cm³/mol. The van der Waals surface area contributed by atoms with Crippen LogP contribution in [0.15, 0.2) is 48.5 Å². The Morgan fingerprint density at radius 3 is 2.50 bits per heavy atom. The highest BCUT2D eigenvalue weighted by Crippen LogP contribution is 2.21. The average molecular weight is 375 g/mol. The van der Waals surface area contributed by atoms with Crippen molar-refractivity contribution in [2.75, 3.05) is 25.5 Å². The van der Waals surface area contributed by atoms with E-state index >= 15 is 0 Å². The van der Waals surface area contributed by atoms with Crippen LogP contribution >= 0.6 is 12.4 Å². The van der Waals surface area contributed by atoms with E-state index in [9.17, 15) is 4.79 Å². The van der Waals surface area contributed by atoms with Crippen LogP contribution in [0.3, 0.4) is 0 Å². The van der Waals surface area contributed by atoms with Crippen molar-refractivity contribution in [3.05, 3.63) is 65.2 Å². The summed E-state index contributed by atoms with van der Waals surface area (Å²) in [6, 6.07) is 15.7. The average Bonchev–Trinajstić information content (AvgIpc) is 2.64. The van der Waals surface area contributed by atoms with Gasteiger partial charge in [-0.25, -0.2) is 0 Å². The number of anilines is 1. The van der Waals surface area contributed by atoms with Crippen molar-refractivity contribution in [2.45, 2.75) is 26.3 Å². The molecule has 26 heavy (non-hydrogen) atoms. The number of ether oxygens (including phenoxy) is 1. The van der Waals surface area contributed by atoms with E-state index in [1.54, 1.807) is 6.07 Å². The highest BCUT2D eigenvalue weighted by Gasteiger charge is 2.22. The van der Waals surface area contributed by atoms with Crippen molar-refractivity contribution < 1.29 is 9.53 Å². The lowest BCUT2D eigenvalue weighted by atomic mass is 9.98. The Labute approximate surface area is 161 Å². The van der Waals surface area contributed by atoms with Crippen molar-refractivity contribution in [3.63, 3.8) is 0 Å². The molecule has 5 heteroatoms. The molecule has 1 aliphatic heterocycles. The molecule has 1 fully saturated rings. The molecule has 0 aromatic heterocycles. The van der Waals surface area contributed by atoms with E-state index in [0.29, 0.717) is 23.7 Å².